The first-order chi connectivity index (χ1) is 10.6. The molecule has 22 heavy (non-hydrogen) atoms. The van der Waals surface area contributed by atoms with E-state index in [0.29, 0.717) is 13.1 Å². The molecule has 2 fully saturated rings. The van der Waals surface area contributed by atoms with Crippen LogP contribution in [0, 0.1) is 6.92 Å². The Labute approximate surface area is 131 Å². The van der Waals surface area contributed by atoms with Crippen LogP contribution in [0.15, 0.2) is 24.3 Å². The van der Waals surface area contributed by atoms with Crippen molar-refractivity contribution in [1.82, 2.24) is 15.5 Å². The number of likely N-dealkylation sites (tertiary alicyclic amines) is 1. The van der Waals surface area contributed by atoms with Crippen molar-refractivity contribution in [2.45, 2.75) is 38.3 Å². The fourth-order valence-electron chi connectivity index (χ4n) is 3.62. The summed E-state index contributed by atoms with van der Waals surface area (Å²) < 4.78 is 0. The number of amides is 2. The molecule has 1 spiro atoms. The lowest BCUT2D eigenvalue weighted by molar-refractivity contribution is -0.131. The van der Waals surface area contributed by atoms with E-state index in [4.69, 9.17) is 0 Å². The normalized spacial score (nSPS) is 24.7. The third kappa shape index (κ3) is 2.86. The summed E-state index contributed by atoms with van der Waals surface area (Å²) in [6.45, 7) is 4.43. The summed E-state index contributed by atoms with van der Waals surface area (Å²) in [4.78, 5) is 26.4. The Kier molecular flexibility index (Phi) is 4.16. The van der Waals surface area contributed by atoms with Gasteiger partial charge in [-0.05, 0) is 38.3 Å². The number of rotatable bonds is 4. The van der Waals surface area contributed by atoms with Gasteiger partial charge in [-0.25, -0.2) is 0 Å². The summed E-state index contributed by atoms with van der Waals surface area (Å²) >= 11 is 0. The maximum Gasteiger partial charge on any atom is 0.240 e. The van der Waals surface area contributed by atoms with E-state index in [1.807, 2.05) is 25.1 Å². The molecule has 2 aliphatic heterocycles. The highest BCUT2D eigenvalue weighted by atomic mass is 16.2. The average Bonchev–Trinajstić information content (AvgIpc) is 3.06. The number of benzene rings is 1. The van der Waals surface area contributed by atoms with Gasteiger partial charge >= 0.3 is 0 Å². The second-order valence-corrected chi connectivity index (χ2v) is 6.33. The molecule has 0 saturated carbocycles. The number of carbonyl (C=O) groups is 2. The molecule has 1 unspecified atom stereocenters. The molecule has 2 heterocycles. The van der Waals surface area contributed by atoms with Crippen LogP contribution in [0.4, 0.5) is 0 Å². The van der Waals surface area contributed by atoms with Crippen LogP contribution in [0.1, 0.15) is 30.4 Å². The summed E-state index contributed by atoms with van der Waals surface area (Å²) in [5, 5.41) is 5.87. The van der Waals surface area contributed by atoms with Gasteiger partial charge in [0.2, 0.25) is 11.8 Å². The van der Waals surface area contributed by atoms with E-state index in [-0.39, 0.29) is 11.8 Å². The Balaban J connectivity index is 1.56. The lowest BCUT2D eigenvalue weighted by Crippen LogP contribution is -2.52. The first kappa shape index (κ1) is 15.0. The van der Waals surface area contributed by atoms with E-state index in [0.717, 1.165) is 37.9 Å². The topological polar surface area (TPSA) is 61.4 Å². The minimum absolute atomic E-state index is 0.0116. The fourth-order valence-corrected chi connectivity index (χ4v) is 3.62. The predicted molar refractivity (Wildman–Crippen MR) is 84.2 cm³/mol. The Bertz CT molecular complexity index is 583. The van der Waals surface area contributed by atoms with Crippen LogP contribution in [0.3, 0.4) is 0 Å². The number of nitrogens with zero attached hydrogens (tertiary/aromatic N) is 1. The zero-order valence-electron chi connectivity index (χ0n) is 13.0. The van der Waals surface area contributed by atoms with Crippen LogP contribution < -0.4 is 10.6 Å². The third-order valence-corrected chi connectivity index (χ3v) is 4.78. The lowest BCUT2D eigenvalue weighted by Gasteiger charge is -2.31. The molecule has 2 aliphatic rings. The van der Waals surface area contributed by atoms with Crippen molar-refractivity contribution in [2.24, 2.45) is 0 Å². The highest BCUT2D eigenvalue weighted by Crippen LogP contribution is 2.34. The second-order valence-electron chi connectivity index (χ2n) is 6.33. The molecule has 0 bridgehead atoms. The van der Waals surface area contributed by atoms with E-state index < -0.39 is 5.54 Å². The van der Waals surface area contributed by atoms with Gasteiger partial charge in [-0.3, -0.25) is 14.5 Å². The second kappa shape index (κ2) is 6.08. The van der Waals surface area contributed by atoms with Gasteiger partial charge in [0.1, 0.15) is 5.54 Å². The predicted octanol–water partition coefficient (Wildman–Crippen LogP) is 0.966. The van der Waals surface area contributed by atoms with Gasteiger partial charge < -0.3 is 10.6 Å². The monoisotopic (exact) mass is 301 g/mol. The molecule has 1 aromatic rings. The molecule has 0 radical (unpaired) electrons. The smallest absolute Gasteiger partial charge is 0.240 e. The Morgan fingerprint density at radius 3 is 3.00 bits per heavy atom. The van der Waals surface area contributed by atoms with E-state index in [2.05, 4.69) is 21.6 Å². The first-order valence-corrected chi connectivity index (χ1v) is 7.96. The molecule has 0 aromatic heterocycles. The molecule has 5 nitrogen and oxygen atoms in total. The Morgan fingerprint density at radius 1 is 1.41 bits per heavy atom. The summed E-state index contributed by atoms with van der Waals surface area (Å²) in [5.41, 5.74) is 1.86. The molecule has 1 atom stereocenters. The number of nitrogens with one attached hydrogen (secondary N) is 2. The molecule has 3 rings (SSSR count). The van der Waals surface area contributed by atoms with Crippen molar-refractivity contribution < 1.29 is 9.59 Å². The van der Waals surface area contributed by atoms with E-state index in [1.165, 1.54) is 5.56 Å². The van der Waals surface area contributed by atoms with E-state index in [1.54, 1.807) is 0 Å². The Hall–Kier alpha value is -1.88. The molecule has 118 valence electrons. The van der Waals surface area contributed by atoms with Gasteiger partial charge in [0.05, 0.1) is 6.54 Å². The van der Waals surface area contributed by atoms with Gasteiger partial charge in [0, 0.05) is 13.1 Å². The molecule has 0 aliphatic carbocycles. The highest BCUT2D eigenvalue weighted by molar-refractivity contribution is 5.89. The Morgan fingerprint density at radius 2 is 2.27 bits per heavy atom. The van der Waals surface area contributed by atoms with Crippen LogP contribution in [-0.4, -0.2) is 41.9 Å². The van der Waals surface area contributed by atoms with E-state index >= 15 is 0 Å². The molecular formula is C17H23N3O2. The minimum Gasteiger partial charge on any atom is -0.354 e. The van der Waals surface area contributed by atoms with Crippen molar-refractivity contribution in [3.05, 3.63) is 35.4 Å². The minimum atomic E-state index is -0.430. The number of aryl methyl sites for hydroxylation is 1. The molecule has 2 saturated heterocycles. The van der Waals surface area contributed by atoms with Crippen molar-refractivity contribution in [3.8, 4) is 0 Å². The largest absolute Gasteiger partial charge is 0.354 e. The van der Waals surface area contributed by atoms with E-state index in [9.17, 15) is 9.59 Å². The first-order valence-electron chi connectivity index (χ1n) is 7.96. The summed E-state index contributed by atoms with van der Waals surface area (Å²) in [5.74, 6) is 0.0824. The van der Waals surface area contributed by atoms with Gasteiger partial charge in [0.25, 0.3) is 0 Å². The lowest BCUT2D eigenvalue weighted by atomic mass is 9.94. The molecule has 5 heteroatoms. The van der Waals surface area contributed by atoms with Gasteiger partial charge in [0.15, 0.2) is 0 Å². The van der Waals surface area contributed by atoms with Crippen LogP contribution >= 0.6 is 0 Å². The summed E-state index contributed by atoms with van der Waals surface area (Å²) in [6, 6.07) is 8.12. The SMILES string of the molecule is Cc1cccc(CNC(=O)CN2CCCC23CCNC3=O)c1. The van der Waals surface area contributed by atoms with Gasteiger partial charge in [-0.15, -0.1) is 0 Å². The average molecular weight is 301 g/mol. The van der Waals surface area contributed by atoms with Gasteiger partial charge in [-0.1, -0.05) is 29.8 Å². The van der Waals surface area contributed by atoms with Crippen molar-refractivity contribution in [3.63, 3.8) is 0 Å². The standard InChI is InChI=1S/C17H23N3O2/c1-13-4-2-5-14(10-13)11-19-15(21)12-20-9-3-6-17(20)7-8-18-16(17)22/h2,4-5,10H,3,6-9,11-12H2,1H3,(H,18,22)(H,19,21). The fraction of sp³-hybridized carbons (Fsp3) is 0.529. The molecular weight excluding hydrogens is 278 g/mol. The molecule has 2 N–H and O–H groups in total. The van der Waals surface area contributed by atoms with Crippen molar-refractivity contribution in [1.29, 1.82) is 0 Å². The zero-order chi connectivity index (χ0) is 15.6. The van der Waals surface area contributed by atoms with Gasteiger partial charge in [-0.2, -0.15) is 0 Å². The van der Waals surface area contributed by atoms with Crippen molar-refractivity contribution >= 4 is 11.8 Å². The van der Waals surface area contributed by atoms with Crippen LogP contribution in [-0.2, 0) is 16.1 Å². The maximum atomic E-state index is 12.2. The highest BCUT2D eigenvalue weighted by Gasteiger charge is 2.50. The number of carbonyl (C=O) groups excluding carboxylic acids is 2. The summed E-state index contributed by atoms with van der Waals surface area (Å²) in [7, 11) is 0. The van der Waals surface area contributed by atoms with Crippen LogP contribution in [0.2, 0.25) is 0 Å². The molecule has 2 amide bonds. The van der Waals surface area contributed by atoms with Crippen LogP contribution in [0.5, 0.6) is 0 Å². The molecule has 1 aromatic carbocycles. The summed E-state index contributed by atoms with van der Waals surface area (Å²) in [6.07, 6.45) is 2.67. The zero-order valence-corrected chi connectivity index (χ0v) is 13.0. The quantitative estimate of drug-likeness (QED) is 0.871. The third-order valence-electron chi connectivity index (χ3n) is 4.78. The maximum absolute atomic E-state index is 12.2. The number of hydrogen-bond acceptors (Lipinski definition) is 3. The van der Waals surface area contributed by atoms with Crippen molar-refractivity contribution in [2.75, 3.05) is 19.6 Å². The number of hydrogen-bond donors (Lipinski definition) is 2. The van der Waals surface area contributed by atoms with Crippen LogP contribution in [0.25, 0.3) is 0 Å².